The third-order valence-corrected chi connectivity index (χ3v) is 5.25. The van der Waals surface area contributed by atoms with E-state index in [-0.39, 0.29) is 6.61 Å². The Hall–Kier alpha value is -1.46. The summed E-state index contributed by atoms with van der Waals surface area (Å²) in [4.78, 5) is 4.81. The summed E-state index contributed by atoms with van der Waals surface area (Å²) in [5.74, 6) is 0.763. The molecule has 3 N–H and O–H groups in total. The van der Waals surface area contributed by atoms with Crippen molar-refractivity contribution in [3.63, 3.8) is 0 Å². The molecule has 0 aliphatic carbocycles. The molecule has 22 heavy (non-hydrogen) atoms. The summed E-state index contributed by atoms with van der Waals surface area (Å²) in [6.07, 6.45) is 2.45. The Kier molecular flexibility index (Phi) is 4.19. The zero-order valence-corrected chi connectivity index (χ0v) is 13.6. The number of anilines is 2. The van der Waals surface area contributed by atoms with E-state index in [1.165, 1.54) is 24.1 Å². The van der Waals surface area contributed by atoms with Crippen LogP contribution < -0.4 is 15.4 Å². The highest BCUT2D eigenvalue weighted by molar-refractivity contribution is 5.66. The fourth-order valence-corrected chi connectivity index (χ4v) is 3.96. The van der Waals surface area contributed by atoms with E-state index in [9.17, 15) is 0 Å². The maximum Gasteiger partial charge on any atom is 0.143 e. The number of hydrogen-bond donors (Lipinski definition) is 2. The minimum atomic E-state index is 0.270. The summed E-state index contributed by atoms with van der Waals surface area (Å²) in [5.41, 5.74) is 9.62. The van der Waals surface area contributed by atoms with Crippen LogP contribution >= 0.6 is 0 Å². The monoisotopic (exact) mass is 305 g/mol. The Balaban J connectivity index is 1.65. The summed E-state index contributed by atoms with van der Waals surface area (Å²) in [5, 5.41) is 9.01. The lowest BCUT2D eigenvalue weighted by molar-refractivity contribution is -0.0260. The second kappa shape index (κ2) is 5.97. The first-order chi connectivity index (χ1) is 10.6. The van der Waals surface area contributed by atoms with Crippen molar-refractivity contribution in [2.45, 2.75) is 19.8 Å². The van der Waals surface area contributed by atoms with E-state index in [1.807, 2.05) is 6.07 Å². The summed E-state index contributed by atoms with van der Waals surface area (Å²) >= 11 is 0. The van der Waals surface area contributed by atoms with Crippen LogP contribution in [0.5, 0.6) is 5.75 Å². The minimum Gasteiger partial charge on any atom is -0.495 e. The molecule has 5 nitrogen and oxygen atoms in total. The molecule has 0 unspecified atom stereocenters. The lowest BCUT2D eigenvalue weighted by atomic mass is 9.72. The van der Waals surface area contributed by atoms with Crippen molar-refractivity contribution in [3.05, 3.63) is 17.7 Å². The number of nitrogen functional groups attached to an aromatic ring is 1. The largest absolute Gasteiger partial charge is 0.495 e. The highest BCUT2D eigenvalue weighted by atomic mass is 16.5. The number of aryl methyl sites for hydroxylation is 1. The first-order valence-electron chi connectivity index (χ1n) is 8.09. The van der Waals surface area contributed by atoms with Gasteiger partial charge >= 0.3 is 0 Å². The van der Waals surface area contributed by atoms with E-state index < -0.39 is 0 Å². The zero-order valence-electron chi connectivity index (χ0n) is 13.6. The van der Waals surface area contributed by atoms with E-state index in [2.05, 4.69) is 22.8 Å². The van der Waals surface area contributed by atoms with Crippen LogP contribution in [0.1, 0.15) is 18.4 Å². The molecule has 0 aromatic heterocycles. The van der Waals surface area contributed by atoms with Crippen molar-refractivity contribution in [2.24, 2.45) is 5.41 Å². The molecule has 3 rings (SSSR count). The van der Waals surface area contributed by atoms with E-state index in [1.54, 1.807) is 7.11 Å². The Labute approximate surface area is 132 Å². The van der Waals surface area contributed by atoms with Gasteiger partial charge in [-0.3, -0.25) is 4.90 Å². The molecule has 2 heterocycles. The molecule has 1 aromatic carbocycles. The predicted octanol–water partition coefficient (Wildman–Crippen LogP) is 1.48. The number of β-amino-alcohol motifs (C(OH)–C–C–N with tert-alkyl or cyclic N) is 1. The van der Waals surface area contributed by atoms with Gasteiger partial charge in [-0.2, -0.15) is 0 Å². The number of hydrogen-bond acceptors (Lipinski definition) is 5. The van der Waals surface area contributed by atoms with Gasteiger partial charge in [-0.25, -0.2) is 0 Å². The smallest absolute Gasteiger partial charge is 0.143 e. The lowest BCUT2D eigenvalue weighted by Gasteiger charge is -2.54. The third-order valence-electron chi connectivity index (χ3n) is 5.25. The lowest BCUT2D eigenvalue weighted by Crippen LogP contribution is -2.60. The molecule has 2 aliphatic heterocycles. The number of aliphatic hydroxyl groups is 1. The van der Waals surface area contributed by atoms with Gasteiger partial charge < -0.3 is 20.5 Å². The normalized spacial score (nSPS) is 21.0. The number of piperidine rings is 1. The quantitative estimate of drug-likeness (QED) is 0.825. The summed E-state index contributed by atoms with van der Waals surface area (Å²) in [7, 11) is 1.67. The van der Waals surface area contributed by atoms with E-state index in [0.29, 0.717) is 11.1 Å². The second-order valence-corrected chi connectivity index (χ2v) is 6.80. The molecule has 0 bridgehead atoms. The van der Waals surface area contributed by atoms with Crippen LogP contribution in [0.3, 0.4) is 0 Å². The van der Waals surface area contributed by atoms with Crippen molar-refractivity contribution in [3.8, 4) is 5.75 Å². The maximum absolute atomic E-state index is 9.01. The Morgan fingerprint density at radius 2 is 1.95 bits per heavy atom. The number of rotatable bonds is 4. The first-order valence-corrected chi connectivity index (χ1v) is 8.09. The van der Waals surface area contributed by atoms with Crippen LogP contribution in [0, 0.1) is 12.3 Å². The Morgan fingerprint density at radius 3 is 2.55 bits per heavy atom. The molecular weight excluding hydrogens is 278 g/mol. The van der Waals surface area contributed by atoms with Gasteiger partial charge in [-0.05, 0) is 36.8 Å². The number of aliphatic hydroxyl groups excluding tert-OH is 1. The molecular formula is C17H27N3O2. The number of ether oxygens (including phenoxy) is 1. The fraction of sp³-hybridized carbons (Fsp3) is 0.647. The van der Waals surface area contributed by atoms with Gasteiger partial charge in [0.1, 0.15) is 5.75 Å². The third kappa shape index (κ3) is 2.75. The molecule has 0 atom stereocenters. The van der Waals surface area contributed by atoms with Crippen LogP contribution in [0.15, 0.2) is 12.1 Å². The van der Waals surface area contributed by atoms with Gasteiger partial charge in [0.05, 0.1) is 19.4 Å². The highest BCUT2D eigenvalue weighted by Crippen LogP contribution is 2.42. The highest BCUT2D eigenvalue weighted by Gasteiger charge is 2.44. The summed E-state index contributed by atoms with van der Waals surface area (Å²) in [6, 6.07) is 4.08. The van der Waals surface area contributed by atoms with E-state index >= 15 is 0 Å². The number of benzene rings is 1. The van der Waals surface area contributed by atoms with Crippen LogP contribution in [-0.2, 0) is 0 Å². The fourth-order valence-electron chi connectivity index (χ4n) is 3.96. The summed E-state index contributed by atoms with van der Waals surface area (Å²) < 4.78 is 5.36. The molecule has 1 aromatic rings. The number of likely N-dealkylation sites (tertiary alicyclic amines) is 1. The van der Waals surface area contributed by atoms with Crippen LogP contribution in [-0.4, -0.2) is 56.4 Å². The SMILES string of the molecule is COc1cc(N2CCC3(CC2)CN(CCO)C3)c(C)cc1N. The maximum atomic E-state index is 9.01. The average Bonchev–Trinajstić information content (AvgIpc) is 2.47. The van der Waals surface area contributed by atoms with Crippen molar-refractivity contribution < 1.29 is 9.84 Å². The molecule has 5 heteroatoms. The van der Waals surface area contributed by atoms with Crippen LogP contribution in [0.4, 0.5) is 11.4 Å². The summed E-state index contributed by atoms with van der Waals surface area (Å²) in [6.45, 7) is 7.66. The van der Waals surface area contributed by atoms with Gasteiger partial charge in [-0.1, -0.05) is 0 Å². The Morgan fingerprint density at radius 1 is 1.27 bits per heavy atom. The average molecular weight is 305 g/mol. The van der Waals surface area contributed by atoms with E-state index in [4.69, 9.17) is 15.6 Å². The zero-order chi connectivity index (χ0) is 15.7. The van der Waals surface area contributed by atoms with Gasteiger partial charge in [0, 0.05) is 44.5 Å². The topological polar surface area (TPSA) is 62.0 Å². The van der Waals surface area contributed by atoms with E-state index in [0.717, 1.165) is 38.5 Å². The van der Waals surface area contributed by atoms with Crippen molar-refractivity contribution >= 4 is 11.4 Å². The van der Waals surface area contributed by atoms with Gasteiger partial charge in [-0.15, -0.1) is 0 Å². The Bertz CT molecular complexity index is 531. The van der Waals surface area contributed by atoms with Crippen LogP contribution in [0.2, 0.25) is 0 Å². The van der Waals surface area contributed by atoms with Crippen LogP contribution in [0.25, 0.3) is 0 Å². The molecule has 122 valence electrons. The number of nitrogens with two attached hydrogens (primary N) is 1. The molecule has 0 saturated carbocycles. The standard InChI is InChI=1S/C17H27N3O2/c1-13-9-14(18)16(22-2)10-15(13)20-5-3-17(4-6-20)11-19(12-17)7-8-21/h9-10,21H,3-8,11-12,18H2,1-2H3. The molecule has 1 spiro atoms. The minimum absolute atomic E-state index is 0.270. The predicted molar refractivity (Wildman–Crippen MR) is 89.5 cm³/mol. The van der Waals surface area contributed by atoms with Crippen molar-refractivity contribution in [1.82, 2.24) is 4.90 Å². The van der Waals surface area contributed by atoms with Crippen molar-refractivity contribution in [2.75, 3.05) is 57.1 Å². The molecule has 2 saturated heterocycles. The molecule has 2 fully saturated rings. The molecule has 2 aliphatic rings. The number of nitrogens with zero attached hydrogens (tertiary/aromatic N) is 2. The molecule has 0 amide bonds. The van der Waals surface area contributed by atoms with Gasteiger partial charge in [0.2, 0.25) is 0 Å². The first kappa shape index (κ1) is 15.4. The van der Waals surface area contributed by atoms with Gasteiger partial charge in [0.25, 0.3) is 0 Å². The number of methoxy groups -OCH3 is 1. The second-order valence-electron chi connectivity index (χ2n) is 6.80. The van der Waals surface area contributed by atoms with Crippen molar-refractivity contribution in [1.29, 1.82) is 0 Å². The molecule has 0 radical (unpaired) electrons. The van der Waals surface area contributed by atoms with Gasteiger partial charge in [0.15, 0.2) is 0 Å².